The Kier molecular flexibility index (Phi) is 9.70. The van der Waals surface area contributed by atoms with Crippen molar-refractivity contribution in [2.24, 2.45) is 0 Å². The van der Waals surface area contributed by atoms with Crippen LogP contribution in [0.1, 0.15) is 50.3 Å². The van der Waals surface area contributed by atoms with Crippen molar-refractivity contribution >= 4 is 17.7 Å². The Bertz CT molecular complexity index is 1320. The highest BCUT2D eigenvalue weighted by Crippen LogP contribution is 2.26. The summed E-state index contributed by atoms with van der Waals surface area (Å²) in [6.07, 6.45) is 2.07. The van der Waals surface area contributed by atoms with Gasteiger partial charge in [0.25, 0.3) is 0 Å². The third-order valence-corrected chi connectivity index (χ3v) is 6.62. The molecule has 210 valence electrons. The number of benzene rings is 2. The van der Waals surface area contributed by atoms with Crippen molar-refractivity contribution in [3.05, 3.63) is 71.4 Å². The number of morpholine rings is 1. The van der Waals surface area contributed by atoms with E-state index in [2.05, 4.69) is 43.7 Å². The molecule has 3 aromatic rings. The molecule has 1 aliphatic heterocycles. The van der Waals surface area contributed by atoms with Gasteiger partial charge in [-0.25, -0.2) is 14.8 Å². The number of rotatable bonds is 9. The number of anilines is 2. The second kappa shape index (κ2) is 13.4. The van der Waals surface area contributed by atoms with Gasteiger partial charge in [-0.05, 0) is 56.4 Å². The van der Waals surface area contributed by atoms with Gasteiger partial charge in [0.15, 0.2) is 0 Å². The van der Waals surface area contributed by atoms with Gasteiger partial charge in [-0.1, -0.05) is 43.3 Å². The zero-order valence-electron chi connectivity index (χ0n) is 23.7. The maximum absolute atomic E-state index is 12.0. The molecule has 9 nitrogen and oxygen atoms in total. The molecule has 1 amide bonds. The third kappa shape index (κ3) is 8.50. The van der Waals surface area contributed by atoms with Crippen molar-refractivity contribution in [3.8, 4) is 17.3 Å². The van der Waals surface area contributed by atoms with Gasteiger partial charge in [0.2, 0.25) is 5.95 Å². The van der Waals surface area contributed by atoms with Crippen LogP contribution in [-0.4, -0.2) is 66.0 Å². The normalized spacial score (nSPS) is 14.7. The molecule has 4 rings (SSSR count). The highest BCUT2D eigenvalue weighted by Gasteiger charge is 2.17. The number of nitrogens with one attached hydrogen (secondary N) is 2. The Hall–Kier alpha value is -4.00. The monoisotopic (exact) mass is 542 g/mol. The highest BCUT2D eigenvalue weighted by molar-refractivity contribution is 5.69. The van der Waals surface area contributed by atoms with Crippen molar-refractivity contribution in [2.45, 2.75) is 45.6 Å². The molecule has 1 aromatic heterocycles. The molecule has 1 fully saturated rings. The first-order valence-corrected chi connectivity index (χ1v) is 13.7. The Labute approximate surface area is 236 Å². The molecule has 0 saturated carbocycles. The largest absolute Gasteiger partial charge is 0.444 e. The molecule has 2 aromatic carbocycles. The van der Waals surface area contributed by atoms with Gasteiger partial charge in [0, 0.05) is 37.4 Å². The highest BCUT2D eigenvalue weighted by atomic mass is 16.6. The van der Waals surface area contributed by atoms with Gasteiger partial charge in [0.1, 0.15) is 11.7 Å². The molecule has 0 spiro atoms. The van der Waals surface area contributed by atoms with Crippen LogP contribution in [0.4, 0.5) is 16.4 Å². The summed E-state index contributed by atoms with van der Waals surface area (Å²) in [4.78, 5) is 23.5. The summed E-state index contributed by atoms with van der Waals surface area (Å²) in [5.41, 5.74) is 4.43. The van der Waals surface area contributed by atoms with E-state index in [1.807, 2.05) is 64.1 Å². The number of nitriles is 1. The molecule has 0 bridgehead atoms. The lowest BCUT2D eigenvalue weighted by Crippen LogP contribution is -2.37. The molecule has 9 heteroatoms. The second-order valence-electron chi connectivity index (χ2n) is 11.0. The van der Waals surface area contributed by atoms with Crippen LogP contribution >= 0.6 is 0 Å². The van der Waals surface area contributed by atoms with E-state index in [1.54, 1.807) is 6.20 Å². The van der Waals surface area contributed by atoms with Gasteiger partial charge in [0.05, 0.1) is 30.7 Å². The summed E-state index contributed by atoms with van der Waals surface area (Å²) in [5, 5.41) is 15.8. The number of alkyl carbamates (subject to hydrolysis) is 1. The first-order valence-electron chi connectivity index (χ1n) is 13.7. The molecule has 1 unspecified atom stereocenters. The topological polar surface area (TPSA) is 112 Å². The molecule has 1 saturated heterocycles. The summed E-state index contributed by atoms with van der Waals surface area (Å²) in [7, 11) is 0. The maximum Gasteiger partial charge on any atom is 0.407 e. The van der Waals surface area contributed by atoms with E-state index in [1.165, 1.54) is 5.56 Å². The van der Waals surface area contributed by atoms with Gasteiger partial charge in [-0.2, -0.15) is 5.26 Å². The SMILES string of the molecule is CC(CNC(=O)OC(C)(C)C)c1ccc(-c2nc(Nc3cccc(CCN4CCOCC4)c3)ncc2C#N)cc1. The Morgan fingerprint density at radius 1 is 1.18 bits per heavy atom. The van der Waals surface area contributed by atoms with Crippen LogP contribution in [0.25, 0.3) is 11.3 Å². The van der Waals surface area contributed by atoms with Crippen LogP contribution in [0, 0.1) is 11.3 Å². The summed E-state index contributed by atoms with van der Waals surface area (Å²) < 4.78 is 10.8. The summed E-state index contributed by atoms with van der Waals surface area (Å²) in [5.74, 6) is 0.508. The number of amides is 1. The van der Waals surface area contributed by atoms with E-state index in [-0.39, 0.29) is 5.92 Å². The van der Waals surface area contributed by atoms with Crippen LogP contribution in [0.2, 0.25) is 0 Å². The minimum Gasteiger partial charge on any atom is -0.444 e. The zero-order valence-corrected chi connectivity index (χ0v) is 23.7. The lowest BCUT2D eigenvalue weighted by Gasteiger charge is -2.26. The first kappa shape index (κ1) is 29.0. The van der Waals surface area contributed by atoms with E-state index >= 15 is 0 Å². The van der Waals surface area contributed by atoms with Gasteiger partial charge in [-0.15, -0.1) is 0 Å². The first-order chi connectivity index (χ1) is 19.2. The summed E-state index contributed by atoms with van der Waals surface area (Å²) in [6.45, 7) is 12.5. The zero-order chi connectivity index (χ0) is 28.5. The van der Waals surface area contributed by atoms with E-state index in [0.717, 1.165) is 56.1 Å². The van der Waals surface area contributed by atoms with E-state index < -0.39 is 11.7 Å². The molecule has 40 heavy (non-hydrogen) atoms. The lowest BCUT2D eigenvalue weighted by molar-refractivity contribution is 0.0384. The van der Waals surface area contributed by atoms with Crippen LogP contribution in [0.3, 0.4) is 0 Å². The summed E-state index contributed by atoms with van der Waals surface area (Å²) >= 11 is 0. The molecule has 0 radical (unpaired) electrons. The minimum atomic E-state index is -0.537. The predicted octanol–water partition coefficient (Wildman–Crippen LogP) is 5.26. The molecule has 0 aliphatic carbocycles. The van der Waals surface area contributed by atoms with Gasteiger partial charge >= 0.3 is 6.09 Å². The standard InChI is InChI=1S/C31H38N6O3/c1-22(20-34-30(38)40-31(2,3)4)24-8-10-25(11-9-24)28-26(19-32)21-33-29(36-28)35-27-7-5-6-23(18-27)12-13-37-14-16-39-17-15-37/h5-11,18,21-22H,12-17,20H2,1-4H3,(H,34,38)(H,33,35,36). The minimum absolute atomic E-state index is 0.0788. The fourth-order valence-electron chi connectivity index (χ4n) is 4.43. The Morgan fingerprint density at radius 2 is 1.93 bits per heavy atom. The number of carbonyl (C=O) groups excluding carboxylic acids is 1. The average molecular weight is 543 g/mol. The van der Waals surface area contributed by atoms with Crippen molar-refractivity contribution in [2.75, 3.05) is 44.7 Å². The Morgan fingerprint density at radius 3 is 2.62 bits per heavy atom. The predicted molar refractivity (Wildman–Crippen MR) is 156 cm³/mol. The number of ether oxygens (including phenoxy) is 2. The van der Waals surface area contributed by atoms with Crippen LogP contribution in [-0.2, 0) is 15.9 Å². The fourth-order valence-corrected chi connectivity index (χ4v) is 4.43. The van der Waals surface area contributed by atoms with Crippen LogP contribution < -0.4 is 10.6 Å². The van der Waals surface area contributed by atoms with Gasteiger partial charge < -0.3 is 20.1 Å². The Balaban J connectivity index is 1.41. The molecular formula is C31H38N6O3. The second-order valence-corrected chi connectivity index (χ2v) is 11.0. The van der Waals surface area contributed by atoms with E-state index in [0.29, 0.717) is 23.8 Å². The van der Waals surface area contributed by atoms with Crippen molar-refractivity contribution in [1.29, 1.82) is 5.26 Å². The van der Waals surface area contributed by atoms with Crippen molar-refractivity contribution < 1.29 is 14.3 Å². The van der Waals surface area contributed by atoms with Crippen molar-refractivity contribution in [1.82, 2.24) is 20.2 Å². The smallest absolute Gasteiger partial charge is 0.407 e. The molecule has 1 atom stereocenters. The third-order valence-electron chi connectivity index (χ3n) is 6.62. The maximum atomic E-state index is 12.0. The van der Waals surface area contributed by atoms with E-state index in [4.69, 9.17) is 9.47 Å². The lowest BCUT2D eigenvalue weighted by atomic mass is 9.98. The van der Waals surface area contributed by atoms with Crippen LogP contribution in [0.5, 0.6) is 0 Å². The van der Waals surface area contributed by atoms with Crippen LogP contribution in [0.15, 0.2) is 54.7 Å². The number of carbonyl (C=O) groups is 1. The fraction of sp³-hybridized carbons (Fsp3) is 0.419. The molecular weight excluding hydrogens is 504 g/mol. The molecule has 2 N–H and O–H groups in total. The number of hydrogen-bond donors (Lipinski definition) is 2. The number of aromatic nitrogens is 2. The van der Waals surface area contributed by atoms with Gasteiger partial charge in [-0.3, -0.25) is 4.90 Å². The van der Waals surface area contributed by atoms with E-state index in [9.17, 15) is 10.1 Å². The number of hydrogen-bond acceptors (Lipinski definition) is 8. The molecule has 1 aliphatic rings. The van der Waals surface area contributed by atoms with Crippen molar-refractivity contribution in [3.63, 3.8) is 0 Å². The molecule has 2 heterocycles. The quantitative estimate of drug-likeness (QED) is 0.377. The summed E-state index contributed by atoms with van der Waals surface area (Å²) in [6, 6.07) is 18.3. The number of nitrogens with zero attached hydrogens (tertiary/aromatic N) is 4. The average Bonchev–Trinajstić information content (AvgIpc) is 2.95.